The first-order chi connectivity index (χ1) is 20.2. The molecule has 0 amide bonds. The molecule has 4 heteroatoms. The number of aryl methyl sites for hydroxylation is 8. The van der Waals surface area contributed by atoms with E-state index in [2.05, 4.69) is 160 Å². The van der Waals surface area contributed by atoms with Crippen molar-refractivity contribution in [2.24, 2.45) is 0 Å². The summed E-state index contributed by atoms with van der Waals surface area (Å²) in [5.41, 5.74) is 16.2. The lowest BCUT2D eigenvalue weighted by molar-refractivity contribution is 0.931. The van der Waals surface area contributed by atoms with Gasteiger partial charge in [0.2, 0.25) is 0 Å². The third-order valence-electron chi connectivity index (χ3n) is 8.68. The summed E-state index contributed by atoms with van der Waals surface area (Å²) in [5, 5.41) is 0. The number of nitrogens with zero attached hydrogens (tertiary/aromatic N) is 4. The molecule has 0 atom stereocenters. The van der Waals surface area contributed by atoms with Crippen LogP contribution in [0, 0.1) is 55.4 Å². The SMILES string of the molecule is Cc1cccc(C)c1N1C=CN(c2c(C)cccc2C)C1.Cc1cccc(C)c1N1CCN(c2c(C)cccc2C)C1. The van der Waals surface area contributed by atoms with Crippen molar-refractivity contribution in [1.82, 2.24) is 0 Å². The van der Waals surface area contributed by atoms with E-state index in [9.17, 15) is 0 Å². The van der Waals surface area contributed by atoms with Crippen molar-refractivity contribution < 1.29 is 0 Å². The molecule has 2 heterocycles. The Hall–Kier alpha value is -4.18. The van der Waals surface area contributed by atoms with Gasteiger partial charge in [0, 0.05) is 48.2 Å². The van der Waals surface area contributed by atoms with E-state index in [1.807, 2.05) is 0 Å². The summed E-state index contributed by atoms with van der Waals surface area (Å²) < 4.78 is 0. The van der Waals surface area contributed by atoms with Gasteiger partial charge in [0.25, 0.3) is 0 Å². The summed E-state index contributed by atoms with van der Waals surface area (Å²) >= 11 is 0. The van der Waals surface area contributed by atoms with E-state index < -0.39 is 0 Å². The maximum Gasteiger partial charge on any atom is 0.0989 e. The smallest absolute Gasteiger partial charge is 0.0989 e. The topological polar surface area (TPSA) is 13.0 Å². The normalized spacial score (nSPS) is 14.5. The van der Waals surface area contributed by atoms with E-state index in [0.717, 1.165) is 26.4 Å². The molecule has 0 radical (unpaired) electrons. The van der Waals surface area contributed by atoms with Crippen molar-refractivity contribution in [3.8, 4) is 0 Å². The van der Waals surface area contributed by atoms with Gasteiger partial charge in [-0.25, -0.2) is 0 Å². The highest BCUT2D eigenvalue weighted by atomic mass is 15.4. The van der Waals surface area contributed by atoms with Gasteiger partial charge in [-0.15, -0.1) is 0 Å². The Morgan fingerprint density at radius 2 is 0.619 bits per heavy atom. The fourth-order valence-electron chi connectivity index (χ4n) is 6.79. The molecule has 1 saturated heterocycles. The maximum atomic E-state index is 2.51. The van der Waals surface area contributed by atoms with Crippen LogP contribution in [0.4, 0.5) is 22.7 Å². The molecular weight excluding hydrogens is 512 g/mol. The second kappa shape index (κ2) is 12.4. The fraction of sp³-hybridized carbons (Fsp3) is 0.316. The predicted octanol–water partition coefficient (Wildman–Crippen LogP) is 8.88. The van der Waals surface area contributed by atoms with E-state index >= 15 is 0 Å². The van der Waals surface area contributed by atoms with Crippen LogP contribution in [0.3, 0.4) is 0 Å². The quantitative estimate of drug-likeness (QED) is 0.248. The molecule has 218 valence electrons. The molecule has 4 aromatic rings. The van der Waals surface area contributed by atoms with Crippen molar-refractivity contribution in [2.45, 2.75) is 55.4 Å². The average molecular weight is 559 g/mol. The molecule has 0 aliphatic carbocycles. The Labute approximate surface area is 253 Å². The summed E-state index contributed by atoms with van der Waals surface area (Å²) in [7, 11) is 0. The highest BCUT2D eigenvalue weighted by molar-refractivity contribution is 5.68. The number of para-hydroxylation sites is 4. The minimum atomic E-state index is 0.872. The van der Waals surface area contributed by atoms with Crippen LogP contribution in [0.1, 0.15) is 44.5 Å². The first kappa shape index (κ1) is 29.3. The second-order valence-electron chi connectivity index (χ2n) is 12.0. The molecule has 6 rings (SSSR count). The second-order valence-corrected chi connectivity index (χ2v) is 12.0. The van der Waals surface area contributed by atoms with Gasteiger partial charge in [-0.2, -0.15) is 0 Å². The first-order valence-electron chi connectivity index (χ1n) is 15.1. The third-order valence-corrected chi connectivity index (χ3v) is 8.68. The standard InChI is InChI=1S/C19H24N2.C19H22N2/c2*1-14-7-5-8-15(2)18(14)20-11-12-21(13-20)19-16(3)9-6-10-17(19)4/h5-10H,11-13H2,1-4H3;5-12H,13H2,1-4H3. The van der Waals surface area contributed by atoms with Crippen molar-refractivity contribution in [3.63, 3.8) is 0 Å². The number of rotatable bonds is 4. The van der Waals surface area contributed by atoms with Crippen LogP contribution in [-0.2, 0) is 0 Å². The van der Waals surface area contributed by atoms with E-state index in [4.69, 9.17) is 0 Å². The van der Waals surface area contributed by atoms with Gasteiger partial charge < -0.3 is 19.6 Å². The molecule has 4 aromatic carbocycles. The zero-order chi connectivity index (χ0) is 30.0. The Kier molecular flexibility index (Phi) is 8.63. The highest BCUT2D eigenvalue weighted by Crippen LogP contribution is 2.33. The number of hydrogen-bond acceptors (Lipinski definition) is 4. The maximum absolute atomic E-state index is 2.51. The Morgan fingerprint density at radius 1 is 0.357 bits per heavy atom. The van der Waals surface area contributed by atoms with Gasteiger partial charge in [0.1, 0.15) is 0 Å². The number of benzene rings is 4. The predicted molar refractivity (Wildman–Crippen MR) is 182 cm³/mol. The minimum absolute atomic E-state index is 0.872. The number of anilines is 4. The molecule has 1 fully saturated rings. The Balaban J connectivity index is 0.000000168. The van der Waals surface area contributed by atoms with Crippen molar-refractivity contribution in [2.75, 3.05) is 46.0 Å². The lowest BCUT2D eigenvalue weighted by Gasteiger charge is -2.26. The molecule has 4 nitrogen and oxygen atoms in total. The summed E-state index contributed by atoms with van der Waals surface area (Å²) in [6, 6.07) is 26.1. The third kappa shape index (κ3) is 5.90. The van der Waals surface area contributed by atoms with Gasteiger partial charge in [-0.05, 0) is 99.9 Å². The summed E-state index contributed by atoms with van der Waals surface area (Å²) in [6.07, 6.45) is 4.36. The van der Waals surface area contributed by atoms with Crippen LogP contribution in [0.5, 0.6) is 0 Å². The van der Waals surface area contributed by atoms with Gasteiger partial charge >= 0.3 is 0 Å². The van der Waals surface area contributed by atoms with Crippen LogP contribution >= 0.6 is 0 Å². The van der Waals surface area contributed by atoms with E-state index in [1.54, 1.807) is 0 Å². The minimum Gasteiger partial charge on any atom is -0.352 e. The van der Waals surface area contributed by atoms with Crippen molar-refractivity contribution in [1.29, 1.82) is 0 Å². The molecule has 42 heavy (non-hydrogen) atoms. The van der Waals surface area contributed by atoms with Crippen LogP contribution in [-0.4, -0.2) is 26.4 Å². The summed E-state index contributed by atoms with van der Waals surface area (Å²) in [4.78, 5) is 9.68. The van der Waals surface area contributed by atoms with Gasteiger partial charge in [0.05, 0.1) is 13.3 Å². The highest BCUT2D eigenvalue weighted by Gasteiger charge is 2.24. The van der Waals surface area contributed by atoms with Crippen LogP contribution < -0.4 is 19.6 Å². The zero-order valence-corrected chi connectivity index (χ0v) is 26.7. The fourth-order valence-corrected chi connectivity index (χ4v) is 6.79. The monoisotopic (exact) mass is 558 g/mol. The lowest BCUT2D eigenvalue weighted by atomic mass is 10.1. The van der Waals surface area contributed by atoms with Crippen molar-refractivity contribution >= 4 is 22.7 Å². The summed E-state index contributed by atoms with van der Waals surface area (Å²) in [6.45, 7) is 21.6. The lowest BCUT2D eigenvalue weighted by Crippen LogP contribution is -2.27. The largest absolute Gasteiger partial charge is 0.352 e. The molecular formula is C38H46N4. The first-order valence-corrected chi connectivity index (χ1v) is 15.1. The van der Waals surface area contributed by atoms with E-state index in [-0.39, 0.29) is 0 Å². The number of hydrogen-bond donors (Lipinski definition) is 0. The van der Waals surface area contributed by atoms with Crippen LogP contribution in [0.15, 0.2) is 85.2 Å². The van der Waals surface area contributed by atoms with Crippen LogP contribution in [0.25, 0.3) is 0 Å². The molecule has 0 aromatic heterocycles. The zero-order valence-electron chi connectivity index (χ0n) is 26.7. The van der Waals surface area contributed by atoms with Gasteiger partial charge in [0.15, 0.2) is 0 Å². The van der Waals surface area contributed by atoms with E-state index in [0.29, 0.717) is 0 Å². The molecule has 2 aliphatic heterocycles. The Morgan fingerprint density at radius 3 is 0.905 bits per heavy atom. The molecule has 0 spiro atoms. The van der Waals surface area contributed by atoms with Gasteiger partial charge in [-0.1, -0.05) is 72.8 Å². The molecule has 0 N–H and O–H groups in total. The van der Waals surface area contributed by atoms with E-state index in [1.165, 1.54) is 67.3 Å². The molecule has 0 saturated carbocycles. The van der Waals surface area contributed by atoms with Crippen molar-refractivity contribution in [3.05, 3.63) is 130 Å². The Bertz CT molecular complexity index is 1400. The van der Waals surface area contributed by atoms with Crippen LogP contribution in [0.2, 0.25) is 0 Å². The van der Waals surface area contributed by atoms with Gasteiger partial charge in [-0.3, -0.25) is 0 Å². The molecule has 2 aliphatic rings. The average Bonchev–Trinajstić information content (AvgIpc) is 3.60. The molecule has 0 unspecified atom stereocenters. The summed E-state index contributed by atoms with van der Waals surface area (Å²) in [5.74, 6) is 0. The molecule has 0 bridgehead atoms.